The maximum Gasteiger partial charge on any atom is 0.338 e. The summed E-state index contributed by atoms with van der Waals surface area (Å²) in [5, 5.41) is 14.1. The highest BCUT2D eigenvalue weighted by molar-refractivity contribution is 5.99. The molecule has 1 saturated heterocycles. The summed E-state index contributed by atoms with van der Waals surface area (Å²) < 4.78 is 5.36. The minimum absolute atomic E-state index is 0.0550. The van der Waals surface area contributed by atoms with Gasteiger partial charge in [-0.2, -0.15) is 0 Å². The first-order valence-corrected chi connectivity index (χ1v) is 11.3. The SMILES string of the molecule is CC1CCN(C(=O)CO/N=C2\C=C\CC/C=C/CCOC(=O)c3ccc(O)cc3C2)CC1. The molecule has 7 nitrogen and oxygen atoms in total. The van der Waals surface area contributed by atoms with Crippen molar-refractivity contribution in [2.45, 2.75) is 45.4 Å². The van der Waals surface area contributed by atoms with E-state index in [9.17, 15) is 14.7 Å². The average molecular weight is 441 g/mol. The first kappa shape index (κ1) is 23.6. The zero-order valence-corrected chi connectivity index (χ0v) is 18.7. The smallest absolute Gasteiger partial charge is 0.338 e. The fourth-order valence-electron chi connectivity index (χ4n) is 3.71. The Morgan fingerprint density at radius 1 is 1.19 bits per heavy atom. The number of esters is 1. The lowest BCUT2D eigenvalue weighted by molar-refractivity contribution is -0.137. The van der Waals surface area contributed by atoms with Crippen molar-refractivity contribution in [3.63, 3.8) is 0 Å². The van der Waals surface area contributed by atoms with Gasteiger partial charge in [0.1, 0.15) is 5.75 Å². The molecule has 7 heteroatoms. The highest BCUT2D eigenvalue weighted by atomic mass is 16.6. The van der Waals surface area contributed by atoms with Crippen LogP contribution in [0.2, 0.25) is 0 Å². The van der Waals surface area contributed by atoms with Gasteiger partial charge >= 0.3 is 5.97 Å². The van der Waals surface area contributed by atoms with Crippen LogP contribution in [-0.4, -0.2) is 53.9 Å². The van der Waals surface area contributed by atoms with E-state index in [4.69, 9.17) is 9.57 Å². The molecular weight excluding hydrogens is 408 g/mol. The van der Waals surface area contributed by atoms with E-state index in [2.05, 4.69) is 18.2 Å². The van der Waals surface area contributed by atoms with Gasteiger partial charge in [-0.1, -0.05) is 30.3 Å². The standard InChI is InChI=1S/C25H32N2O5/c1-19-11-13-27(14-12-19)24(29)18-32-26-21-8-6-4-2-3-5-7-15-31-25(30)23-10-9-22(28)17-20(23)16-21/h3,5-6,8-10,17,19,28H,2,4,7,11-16,18H2,1H3/b5-3+,8-6+,26-21+. The van der Waals surface area contributed by atoms with Crippen molar-refractivity contribution in [3.05, 3.63) is 53.6 Å². The Morgan fingerprint density at radius 3 is 2.75 bits per heavy atom. The summed E-state index contributed by atoms with van der Waals surface area (Å²) in [6, 6.07) is 4.55. The van der Waals surface area contributed by atoms with E-state index >= 15 is 0 Å². The third-order valence-corrected chi connectivity index (χ3v) is 5.68. The summed E-state index contributed by atoms with van der Waals surface area (Å²) in [5.41, 5.74) is 1.53. The Labute approximate surface area is 189 Å². The number of benzene rings is 1. The number of cyclic esters (lactones) is 1. The average Bonchev–Trinajstić information content (AvgIpc) is 2.77. The number of phenolic OH excluding ortho intramolecular Hbond substituents is 1. The lowest BCUT2D eigenvalue weighted by atomic mass is 9.99. The van der Waals surface area contributed by atoms with E-state index in [1.807, 2.05) is 23.1 Å². The van der Waals surface area contributed by atoms with E-state index in [0.717, 1.165) is 38.8 Å². The molecule has 0 atom stereocenters. The summed E-state index contributed by atoms with van der Waals surface area (Å²) in [5.74, 6) is 0.189. The highest BCUT2D eigenvalue weighted by Crippen LogP contribution is 2.20. The summed E-state index contributed by atoms with van der Waals surface area (Å²) in [6.45, 7) is 3.88. The van der Waals surface area contributed by atoms with E-state index < -0.39 is 5.97 Å². The minimum atomic E-state index is -0.441. The van der Waals surface area contributed by atoms with Crippen molar-refractivity contribution in [1.82, 2.24) is 4.90 Å². The third-order valence-electron chi connectivity index (χ3n) is 5.68. The van der Waals surface area contributed by atoms with Crippen LogP contribution in [0, 0.1) is 5.92 Å². The third kappa shape index (κ3) is 7.25. The molecule has 0 spiro atoms. The van der Waals surface area contributed by atoms with E-state index in [1.165, 1.54) is 12.1 Å². The summed E-state index contributed by atoms with van der Waals surface area (Å²) >= 11 is 0. The van der Waals surface area contributed by atoms with Crippen LogP contribution >= 0.6 is 0 Å². The van der Waals surface area contributed by atoms with Crippen LogP contribution in [0.3, 0.4) is 0 Å². The molecule has 1 amide bonds. The number of hydrogen-bond donors (Lipinski definition) is 1. The number of rotatable bonds is 3. The number of aromatic hydroxyl groups is 1. The van der Waals surface area contributed by atoms with Gasteiger partial charge in [-0.15, -0.1) is 0 Å². The molecule has 2 heterocycles. The van der Waals surface area contributed by atoms with Crippen molar-refractivity contribution in [1.29, 1.82) is 0 Å². The molecule has 0 aromatic heterocycles. The Hall–Kier alpha value is -3.09. The second-order valence-corrected chi connectivity index (χ2v) is 8.31. The fraction of sp³-hybridized carbons (Fsp3) is 0.480. The number of carbonyl (C=O) groups is 2. The number of oxime groups is 1. The van der Waals surface area contributed by atoms with Gasteiger partial charge in [0, 0.05) is 19.5 Å². The largest absolute Gasteiger partial charge is 0.508 e. The number of ether oxygens (including phenoxy) is 1. The number of phenols is 1. The molecule has 2 aliphatic rings. The predicted octanol–water partition coefficient (Wildman–Crippen LogP) is 4.02. The van der Waals surface area contributed by atoms with Crippen molar-refractivity contribution >= 4 is 17.6 Å². The maximum atomic E-state index is 12.5. The van der Waals surface area contributed by atoms with Gasteiger partial charge in [0.25, 0.3) is 5.91 Å². The maximum absolute atomic E-state index is 12.5. The molecule has 0 radical (unpaired) electrons. The Kier molecular flexibility index (Phi) is 8.90. The second-order valence-electron chi connectivity index (χ2n) is 8.31. The molecule has 1 aromatic rings. The van der Waals surface area contributed by atoms with Crippen LogP contribution in [-0.2, 0) is 20.8 Å². The molecule has 1 N–H and O–H groups in total. The van der Waals surface area contributed by atoms with Crippen molar-refractivity contribution in [2.75, 3.05) is 26.3 Å². The van der Waals surface area contributed by atoms with Gasteiger partial charge in [-0.25, -0.2) is 4.79 Å². The van der Waals surface area contributed by atoms with Gasteiger partial charge in [0.05, 0.1) is 17.9 Å². The normalized spacial score (nSPS) is 21.8. The van der Waals surface area contributed by atoms with Gasteiger partial charge in [-0.05, 0) is 67.9 Å². The summed E-state index contributed by atoms with van der Waals surface area (Å²) in [4.78, 5) is 32.2. The number of fused-ring (bicyclic) bond motifs is 1. The minimum Gasteiger partial charge on any atom is -0.508 e. The molecule has 2 aliphatic heterocycles. The zero-order chi connectivity index (χ0) is 22.8. The van der Waals surface area contributed by atoms with Crippen molar-refractivity contribution in [3.8, 4) is 5.75 Å². The van der Waals surface area contributed by atoms with E-state index in [0.29, 0.717) is 35.8 Å². The lowest BCUT2D eigenvalue weighted by Crippen LogP contribution is -2.39. The Bertz CT molecular complexity index is 882. The summed E-state index contributed by atoms with van der Waals surface area (Å²) in [6.07, 6.45) is 12.5. The van der Waals surface area contributed by atoms with Gasteiger partial charge < -0.3 is 19.6 Å². The van der Waals surface area contributed by atoms with E-state index in [-0.39, 0.29) is 24.7 Å². The first-order valence-electron chi connectivity index (χ1n) is 11.3. The number of piperidine rings is 1. The monoisotopic (exact) mass is 440 g/mol. The Morgan fingerprint density at radius 2 is 1.94 bits per heavy atom. The van der Waals surface area contributed by atoms with Crippen LogP contribution in [0.15, 0.2) is 47.7 Å². The lowest BCUT2D eigenvalue weighted by Gasteiger charge is -2.29. The van der Waals surface area contributed by atoms with E-state index in [1.54, 1.807) is 6.07 Å². The molecule has 172 valence electrons. The van der Waals surface area contributed by atoms with Crippen LogP contribution < -0.4 is 0 Å². The molecule has 0 aliphatic carbocycles. The molecule has 1 aromatic carbocycles. The zero-order valence-electron chi connectivity index (χ0n) is 18.7. The van der Waals surface area contributed by atoms with Crippen molar-refractivity contribution in [2.24, 2.45) is 11.1 Å². The molecule has 0 bridgehead atoms. The quantitative estimate of drug-likeness (QED) is 0.436. The van der Waals surface area contributed by atoms with Crippen LogP contribution in [0.1, 0.15) is 54.9 Å². The molecule has 3 rings (SSSR count). The van der Waals surface area contributed by atoms with Crippen LogP contribution in [0.25, 0.3) is 0 Å². The van der Waals surface area contributed by atoms with Crippen molar-refractivity contribution < 1.29 is 24.3 Å². The molecule has 32 heavy (non-hydrogen) atoms. The number of nitrogens with zero attached hydrogens (tertiary/aromatic N) is 2. The number of allylic oxidation sites excluding steroid dienone is 3. The number of likely N-dealkylation sites (tertiary alicyclic amines) is 1. The number of carbonyl (C=O) groups excluding carboxylic acids is 2. The molecule has 0 saturated carbocycles. The molecule has 1 fully saturated rings. The Balaban J connectivity index is 1.73. The first-order chi connectivity index (χ1) is 15.5. The van der Waals surface area contributed by atoms with Gasteiger partial charge in [0.2, 0.25) is 0 Å². The highest BCUT2D eigenvalue weighted by Gasteiger charge is 2.20. The summed E-state index contributed by atoms with van der Waals surface area (Å²) in [7, 11) is 0. The van der Waals surface area contributed by atoms with Gasteiger partial charge in [-0.3, -0.25) is 4.79 Å². The second kappa shape index (κ2) is 12.1. The topological polar surface area (TPSA) is 88.4 Å². The molecule has 0 unspecified atom stereocenters. The van der Waals surface area contributed by atoms with Crippen LogP contribution in [0.4, 0.5) is 0 Å². The van der Waals surface area contributed by atoms with Gasteiger partial charge in [0.15, 0.2) is 6.61 Å². The predicted molar refractivity (Wildman–Crippen MR) is 123 cm³/mol. The number of hydrogen-bond acceptors (Lipinski definition) is 6. The fourth-order valence-corrected chi connectivity index (χ4v) is 3.71. The number of amides is 1. The molecular formula is C25H32N2O5. The van der Waals surface area contributed by atoms with Crippen LogP contribution in [0.5, 0.6) is 5.75 Å².